The molecule has 1 aromatic carbocycles. The van der Waals surface area contributed by atoms with Gasteiger partial charge in [-0.25, -0.2) is 0 Å². The Kier molecular flexibility index (Phi) is 2.78. The van der Waals surface area contributed by atoms with Crippen molar-refractivity contribution in [1.29, 1.82) is 0 Å². The van der Waals surface area contributed by atoms with Crippen molar-refractivity contribution in [3.8, 4) is 0 Å². The number of benzene rings is 1. The molecule has 1 nitrogen and oxygen atoms in total. The lowest BCUT2D eigenvalue weighted by Gasteiger charge is -2.19. The Morgan fingerprint density at radius 3 is 2.71 bits per heavy atom. The summed E-state index contributed by atoms with van der Waals surface area (Å²) in [6.07, 6.45) is 0. The molecule has 0 aromatic heterocycles. The summed E-state index contributed by atoms with van der Waals surface area (Å²) in [4.78, 5) is 0. The quantitative estimate of drug-likeness (QED) is 0.789. The van der Waals surface area contributed by atoms with E-state index < -0.39 is 0 Å². The Balaban J connectivity index is 2.22. The van der Waals surface area contributed by atoms with Crippen LogP contribution in [0.5, 0.6) is 0 Å². The number of hydrogen-bond donors (Lipinski definition) is 1. The largest absolute Gasteiger partial charge is 0.296 e. The SMILES string of the molecule is CC1(C)CSC(c2ccccc2Cl)N1. The van der Waals surface area contributed by atoms with Gasteiger partial charge in [0.1, 0.15) is 0 Å². The Morgan fingerprint density at radius 1 is 1.43 bits per heavy atom. The number of rotatable bonds is 1. The maximum atomic E-state index is 6.14. The highest BCUT2D eigenvalue weighted by Crippen LogP contribution is 2.39. The second-order valence-corrected chi connectivity index (χ2v) is 5.74. The lowest BCUT2D eigenvalue weighted by atomic mass is 10.1. The van der Waals surface area contributed by atoms with Crippen LogP contribution in [0.3, 0.4) is 0 Å². The molecule has 0 amide bonds. The molecule has 0 aliphatic carbocycles. The van der Waals surface area contributed by atoms with Gasteiger partial charge < -0.3 is 0 Å². The third-order valence-corrected chi connectivity index (χ3v) is 4.26. The molecule has 1 aliphatic heterocycles. The minimum absolute atomic E-state index is 0.217. The van der Waals surface area contributed by atoms with Crippen LogP contribution < -0.4 is 5.32 Å². The molecule has 1 aliphatic rings. The van der Waals surface area contributed by atoms with Crippen LogP contribution >= 0.6 is 23.4 Å². The maximum Gasteiger partial charge on any atom is 0.0808 e. The van der Waals surface area contributed by atoms with E-state index in [-0.39, 0.29) is 5.54 Å². The third kappa shape index (κ3) is 2.08. The zero-order valence-corrected chi connectivity index (χ0v) is 9.95. The fraction of sp³-hybridized carbons (Fsp3) is 0.455. The second-order valence-electron chi connectivity index (χ2n) is 4.24. The van der Waals surface area contributed by atoms with E-state index in [9.17, 15) is 0 Å². The molecule has 3 heteroatoms. The van der Waals surface area contributed by atoms with Gasteiger partial charge in [-0.1, -0.05) is 29.8 Å². The van der Waals surface area contributed by atoms with Crippen molar-refractivity contribution in [2.24, 2.45) is 0 Å². The predicted molar refractivity (Wildman–Crippen MR) is 63.9 cm³/mol. The van der Waals surface area contributed by atoms with Crippen LogP contribution in [-0.4, -0.2) is 11.3 Å². The third-order valence-electron chi connectivity index (χ3n) is 2.32. The van der Waals surface area contributed by atoms with E-state index >= 15 is 0 Å². The Bertz CT molecular complexity index is 338. The summed E-state index contributed by atoms with van der Waals surface area (Å²) < 4.78 is 0. The molecule has 2 rings (SSSR count). The maximum absolute atomic E-state index is 6.14. The van der Waals surface area contributed by atoms with Crippen LogP contribution in [0.4, 0.5) is 0 Å². The first-order chi connectivity index (χ1) is 6.58. The fourth-order valence-corrected chi connectivity index (χ4v) is 3.35. The highest BCUT2D eigenvalue weighted by atomic mass is 35.5. The molecule has 0 bridgehead atoms. The van der Waals surface area contributed by atoms with Crippen LogP contribution in [0.15, 0.2) is 24.3 Å². The zero-order valence-electron chi connectivity index (χ0n) is 8.38. The first-order valence-corrected chi connectivity index (χ1v) is 6.15. The first kappa shape index (κ1) is 10.3. The Hall–Kier alpha value is -0.180. The molecule has 1 N–H and O–H groups in total. The van der Waals surface area contributed by atoms with E-state index in [1.807, 2.05) is 30.0 Å². The molecule has 1 heterocycles. The summed E-state index contributed by atoms with van der Waals surface area (Å²) >= 11 is 8.07. The summed E-state index contributed by atoms with van der Waals surface area (Å²) in [5, 5.41) is 4.77. The van der Waals surface area contributed by atoms with Crippen molar-refractivity contribution < 1.29 is 0 Å². The predicted octanol–water partition coefficient (Wildman–Crippen LogP) is 3.45. The van der Waals surface area contributed by atoms with E-state index in [1.165, 1.54) is 5.56 Å². The van der Waals surface area contributed by atoms with Gasteiger partial charge in [0.05, 0.1) is 5.37 Å². The van der Waals surface area contributed by atoms with Crippen LogP contribution in [0.1, 0.15) is 24.8 Å². The molecule has 1 atom stereocenters. The molecule has 76 valence electrons. The monoisotopic (exact) mass is 227 g/mol. The van der Waals surface area contributed by atoms with Crippen molar-refractivity contribution in [3.63, 3.8) is 0 Å². The molecular weight excluding hydrogens is 214 g/mol. The lowest BCUT2D eigenvalue weighted by Crippen LogP contribution is -2.35. The van der Waals surface area contributed by atoms with Gasteiger partial charge in [-0.2, -0.15) is 0 Å². The van der Waals surface area contributed by atoms with Gasteiger partial charge >= 0.3 is 0 Å². The topological polar surface area (TPSA) is 12.0 Å². The summed E-state index contributed by atoms with van der Waals surface area (Å²) in [5.74, 6) is 1.13. The first-order valence-electron chi connectivity index (χ1n) is 4.72. The Morgan fingerprint density at radius 2 is 2.14 bits per heavy atom. The van der Waals surface area contributed by atoms with Crippen LogP contribution in [0.2, 0.25) is 5.02 Å². The second kappa shape index (κ2) is 3.76. The number of nitrogens with one attached hydrogen (secondary N) is 1. The lowest BCUT2D eigenvalue weighted by molar-refractivity contribution is 0.452. The Labute approximate surface area is 94.2 Å². The highest BCUT2D eigenvalue weighted by Gasteiger charge is 2.32. The van der Waals surface area contributed by atoms with Gasteiger partial charge in [0, 0.05) is 16.3 Å². The molecular formula is C11H14ClNS. The van der Waals surface area contributed by atoms with E-state index in [2.05, 4.69) is 25.2 Å². The van der Waals surface area contributed by atoms with Crippen molar-refractivity contribution in [3.05, 3.63) is 34.9 Å². The minimum Gasteiger partial charge on any atom is -0.296 e. The van der Waals surface area contributed by atoms with E-state index in [4.69, 9.17) is 11.6 Å². The fourth-order valence-electron chi connectivity index (χ4n) is 1.59. The molecule has 1 aromatic rings. The van der Waals surface area contributed by atoms with Gasteiger partial charge in [-0.15, -0.1) is 11.8 Å². The van der Waals surface area contributed by atoms with Crippen molar-refractivity contribution in [1.82, 2.24) is 5.32 Å². The number of hydrogen-bond acceptors (Lipinski definition) is 2. The number of thioether (sulfide) groups is 1. The smallest absolute Gasteiger partial charge is 0.0808 e. The highest BCUT2D eigenvalue weighted by molar-refractivity contribution is 7.99. The molecule has 0 spiro atoms. The summed E-state index contributed by atoms with van der Waals surface area (Å²) in [5.41, 5.74) is 1.42. The molecule has 0 saturated carbocycles. The van der Waals surface area contributed by atoms with Crippen molar-refractivity contribution in [2.75, 3.05) is 5.75 Å². The van der Waals surface area contributed by atoms with E-state index in [0.717, 1.165) is 10.8 Å². The van der Waals surface area contributed by atoms with Gasteiger partial charge in [0.25, 0.3) is 0 Å². The van der Waals surface area contributed by atoms with Gasteiger partial charge in [0.15, 0.2) is 0 Å². The van der Waals surface area contributed by atoms with E-state index in [0.29, 0.717) is 5.37 Å². The molecule has 1 unspecified atom stereocenters. The van der Waals surface area contributed by atoms with Crippen LogP contribution in [0.25, 0.3) is 0 Å². The minimum atomic E-state index is 0.217. The molecule has 14 heavy (non-hydrogen) atoms. The van der Waals surface area contributed by atoms with Gasteiger partial charge in [0.2, 0.25) is 0 Å². The molecule has 1 fully saturated rings. The molecule has 0 radical (unpaired) electrons. The average molecular weight is 228 g/mol. The molecule has 1 saturated heterocycles. The standard InChI is InChI=1S/C11H14ClNS/c1-11(2)7-14-10(13-11)8-5-3-4-6-9(8)12/h3-6,10,13H,7H2,1-2H3. The van der Waals surface area contributed by atoms with E-state index in [1.54, 1.807) is 0 Å². The van der Waals surface area contributed by atoms with Gasteiger partial charge in [-0.3, -0.25) is 5.32 Å². The van der Waals surface area contributed by atoms with Crippen LogP contribution in [0, 0.1) is 0 Å². The average Bonchev–Trinajstić information content (AvgIpc) is 2.47. The normalized spacial score (nSPS) is 25.2. The number of halogens is 1. The van der Waals surface area contributed by atoms with Crippen LogP contribution in [-0.2, 0) is 0 Å². The summed E-state index contributed by atoms with van der Waals surface area (Å²) in [7, 11) is 0. The van der Waals surface area contributed by atoms with Crippen molar-refractivity contribution >= 4 is 23.4 Å². The summed E-state index contributed by atoms with van der Waals surface area (Å²) in [6.45, 7) is 4.44. The van der Waals surface area contributed by atoms with Crippen molar-refractivity contribution in [2.45, 2.75) is 24.8 Å². The zero-order chi connectivity index (χ0) is 10.2. The summed E-state index contributed by atoms with van der Waals surface area (Å²) in [6, 6.07) is 8.05. The van der Waals surface area contributed by atoms with Gasteiger partial charge in [-0.05, 0) is 25.5 Å².